The van der Waals surface area contributed by atoms with Crippen molar-refractivity contribution in [1.29, 1.82) is 0 Å². The number of piperidine rings is 1. The van der Waals surface area contributed by atoms with Crippen LogP contribution in [0.2, 0.25) is 0 Å². The van der Waals surface area contributed by atoms with E-state index in [1.807, 2.05) is 24.3 Å². The maximum absolute atomic E-state index is 12.1. The number of aliphatic hydroxyl groups excluding tert-OH is 1. The zero-order valence-electron chi connectivity index (χ0n) is 21.6. The Balaban J connectivity index is 1.61. The molecule has 0 radical (unpaired) electrons. The lowest BCUT2D eigenvalue weighted by atomic mass is 9.74. The molecule has 1 aliphatic heterocycles. The van der Waals surface area contributed by atoms with Crippen LogP contribution in [0.25, 0.3) is 6.08 Å². The van der Waals surface area contributed by atoms with Crippen LogP contribution >= 0.6 is 0 Å². The largest absolute Gasteiger partial charge is 0.465 e. The van der Waals surface area contributed by atoms with Crippen LogP contribution in [0.4, 0.5) is 0 Å². The highest BCUT2D eigenvalue weighted by Gasteiger charge is 2.44. The molecule has 1 atom stereocenters. The van der Waals surface area contributed by atoms with E-state index in [1.165, 1.54) is 0 Å². The van der Waals surface area contributed by atoms with Gasteiger partial charge in [-0.15, -0.1) is 0 Å². The van der Waals surface area contributed by atoms with Crippen molar-refractivity contribution in [2.45, 2.75) is 31.5 Å². The summed E-state index contributed by atoms with van der Waals surface area (Å²) in [4.78, 5) is 19.0. The second kappa shape index (κ2) is 11.6. The van der Waals surface area contributed by atoms with Crippen molar-refractivity contribution in [2.24, 2.45) is 0 Å². The first kappa shape index (κ1) is 25.6. The minimum absolute atomic E-state index is 0.0781. The van der Waals surface area contributed by atoms with Gasteiger partial charge in [0.2, 0.25) is 0 Å². The number of imidazole rings is 1. The van der Waals surface area contributed by atoms with Gasteiger partial charge in [-0.3, -0.25) is 9.69 Å². The van der Waals surface area contributed by atoms with Crippen molar-refractivity contribution >= 4 is 12.0 Å². The Morgan fingerprint density at radius 2 is 1.53 bits per heavy atom. The number of ether oxygens (including phenoxy) is 1. The molecule has 1 unspecified atom stereocenters. The van der Waals surface area contributed by atoms with Crippen LogP contribution in [0.3, 0.4) is 0 Å². The molecule has 6 nitrogen and oxygen atoms in total. The SMILES string of the molecule is CCOC(=O)Cn1ccnc1C=C1CN(C(c2ccccc2)(c2ccccc2)c2ccccc2)CCC1O. The molecule has 0 amide bonds. The summed E-state index contributed by atoms with van der Waals surface area (Å²) in [5.41, 5.74) is 3.79. The average molecular weight is 508 g/mol. The van der Waals surface area contributed by atoms with Crippen molar-refractivity contribution in [1.82, 2.24) is 14.5 Å². The van der Waals surface area contributed by atoms with E-state index in [0.717, 1.165) is 22.3 Å². The highest BCUT2D eigenvalue weighted by atomic mass is 16.5. The molecule has 3 aromatic carbocycles. The van der Waals surface area contributed by atoms with Gasteiger partial charge in [0.15, 0.2) is 0 Å². The fourth-order valence-corrected chi connectivity index (χ4v) is 5.49. The second-order valence-corrected chi connectivity index (χ2v) is 9.47. The highest BCUT2D eigenvalue weighted by Crippen LogP contribution is 2.44. The standard InChI is InChI=1S/C32H33N3O3/c1-2-38-31(37)24-34-21-19-33-30(34)22-25-23-35(20-18-29(25)36)32(26-12-6-3-7-13-26,27-14-8-4-9-15-27)28-16-10-5-11-17-28/h3-17,19,21-22,29,36H,2,18,20,23-24H2,1H3. The smallest absolute Gasteiger partial charge is 0.325 e. The zero-order chi connectivity index (χ0) is 26.4. The van der Waals surface area contributed by atoms with Crippen LogP contribution in [0, 0.1) is 0 Å². The van der Waals surface area contributed by atoms with Crippen LogP contribution in [0.5, 0.6) is 0 Å². The van der Waals surface area contributed by atoms with E-state index in [1.54, 1.807) is 23.9 Å². The Morgan fingerprint density at radius 1 is 0.974 bits per heavy atom. The van der Waals surface area contributed by atoms with E-state index in [2.05, 4.69) is 82.7 Å². The number of hydrogen-bond acceptors (Lipinski definition) is 5. The lowest BCUT2D eigenvalue weighted by Gasteiger charge is -2.48. The second-order valence-electron chi connectivity index (χ2n) is 9.47. The Morgan fingerprint density at radius 3 is 2.05 bits per heavy atom. The Bertz CT molecular complexity index is 1270. The number of esters is 1. The number of aliphatic hydroxyl groups is 1. The molecule has 0 saturated carbocycles. The number of nitrogens with zero attached hydrogens (tertiary/aromatic N) is 3. The minimum atomic E-state index is -0.598. The average Bonchev–Trinajstić information content (AvgIpc) is 3.39. The molecule has 5 rings (SSSR count). The summed E-state index contributed by atoms with van der Waals surface area (Å²) >= 11 is 0. The quantitative estimate of drug-likeness (QED) is 0.272. The third-order valence-corrected chi connectivity index (χ3v) is 7.19. The van der Waals surface area contributed by atoms with Crippen LogP contribution in [0.15, 0.2) is 109 Å². The van der Waals surface area contributed by atoms with Gasteiger partial charge in [-0.05, 0) is 41.7 Å². The summed E-state index contributed by atoms with van der Waals surface area (Å²) in [7, 11) is 0. The summed E-state index contributed by atoms with van der Waals surface area (Å²) in [6.45, 7) is 3.44. The molecule has 2 heterocycles. The third kappa shape index (κ3) is 5.05. The molecular weight excluding hydrogens is 474 g/mol. The van der Waals surface area contributed by atoms with Gasteiger partial charge in [-0.1, -0.05) is 91.0 Å². The van der Waals surface area contributed by atoms with Crippen molar-refractivity contribution < 1.29 is 14.6 Å². The van der Waals surface area contributed by atoms with Crippen LogP contribution in [-0.4, -0.2) is 51.3 Å². The number of rotatable bonds is 8. The molecule has 0 bridgehead atoms. The third-order valence-electron chi connectivity index (χ3n) is 7.19. The lowest BCUT2D eigenvalue weighted by Crippen LogP contribution is -2.52. The lowest BCUT2D eigenvalue weighted by molar-refractivity contribution is -0.143. The van der Waals surface area contributed by atoms with Crippen molar-refractivity contribution in [3.05, 3.63) is 131 Å². The van der Waals surface area contributed by atoms with Gasteiger partial charge in [0, 0.05) is 25.5 Å². The van der Waals surface area contributed by atoms with Crippen LogP contribution < -0.4 is 0 Å². The molecule has 194 valence electrons. The summed E-state index contributed by atoms with van der Waals surface area (Å²) in [6.07, 6.45) is 5.33. The number of aromatic nitrogens is 2. The van der Waals surface area contributed by atoms with Gasteiger partial charge in [0.1, 0.15) is 12.4 Å². The molecule has 1 fully saturated rings. The molecule has 38 heavy (non-hydrogen) atoms. The number of carbonyl (C=O) groups is 1. The summed E-state index contributed by atoms with van der Waals surface area (Å²) in [5, 5.41) is 11.1. The van der Waals surface area contributed by atoms with Crippen molar-refractivity contribution in [3.8, 4) is 0 Å². The monoisotopic (exact) mass is 507 g/mol. The van der Waals surface area contributed by atoms with Crippen molar-refractivity contribution in [3.63, 3.8) is 0 Å². The van der Waals surface area contributed by atoms with E-state index < -0.39 is 11.6 Å². The Hall–Kier alpha value is -4.00. The van der Waals surface area contributed by atoms with Crippen molar-refractivity contribution in [2.75, 3.05) is 19.7 Å². The minimum Gasteiger partial charge on any atom is -0.465 e. The molecular formula is C32H33N3O3. The number of benzene rings is 3. The van der Waals surface area contributed by atoms with E-state index >= 15 is 0 Å². The zero-order valence-corrected chi connectivity index (χ0v) is 21.6. The van der Waals surface area contributed by atoms with Crippen LogP contribution in [0.1, 0.15) is 35.9 Å². The normalized spacial score (nSPS) is 17.4. The van der Waals surface area contributed by atoms with E-state index in [-0.39, 0.29) is 12.5 Å². The fourth-order valence-electron chi connectivity index (χ4n) is 5.49. The van der Waals surface area contributed by atoms with Gasteiger partial charge in [0.05, 0.1) is 18.2 Å². The van der Waals surface area contributed by atoms with E-state index in [0.29, 0.717) is 31.9 Å². The van der Waals surface area contributed by atoms with Gasteiger partial charge >= 0.3 is 5.97 Å². The van der Waals surface area contributed by atoms with Gasteiger partial charge in [0.25, 0.3) is 0 Å². The first-order chi connectivity index (χ1) is 18.6. The summed E-state index contributed by atoms with van der Waals surface area (Å²) in [5.74, 6) is 0.311. The van der Waals surface area contributed by atoms with Gasteiger partial charge in [-0.25, -0.2) is 4.98 Å². The number of carbonyl (C=O) groups excluding carboxylic acids is 1. The number of likely N-dealkylation sites (tertiary alicyclic amines) is 1. The Labute approximate surface area is 223 Å². The molecule has 1 aliphatic rings. The maximum atomic E-state index is 12.1. The van der Waals surface area contributed by atoms with E-state index in [4.69, 9.17) is 4.74 Å². The molecule has 1 saturated heterocycles. The summed E-state index contributed by atoms with van der Waals surface area (Å²) in [6, 6.07) is 31.7. The molecule has 0 spiro atoms. The molecule has 1 aromatic heterocycles. The summed E-state index contributed by atoms with van der Waals surface area (Å²) < 4.78 is 6.88. The molecule has 4 aromatic rings. The first-order valence-corrected chi connectivity index (χ1v) is 13.1. The van der Waals surface area contributed by atoms with E-state index in [9.17, 15) is 9.90 Å². The maximum Gasteiger partial charge on any atom is 0.325 e. The highest BCUT2D eigenvalue weighted by molar-refractivity contribution is 5.69. The Kier molecular flexibility index (Phi) is 7.82. The predicted molar refractivity (Wildman–Crippen MR) is 148 cm³/mol. The predicted octanol–water partition coefficient (Wildman–Crippen LogP) is 4.89. The molecule has 0 aliphatic carbocycles. The first-order valence-electron chi connectivity index (χ1n) is 13.1. The topological polar surface area (TPSA) is 67.6 Å². The fraction of sp³-hybridized carbons (Fsp3) is 0.250. The van der Waals surface area contributed by atoms with Crippen LogP contribution in [-0.2, 0) is 21.6 Å². The molecule has 6 heteroatoms. The number of hydrogen-bond donors (Lipinski definition) is 1. The molecule has 1 N–H and O–H groups in total. The van der Waals surface area contributed by atoms with Gasteiger partial charge < -0.3 is 14.4 Å². The van der Waals surface area contributed by atoms with Gasteiger partial charge in [-0.2, -0.15) is 0 Å².